The summed E-state index contributed by atoms with van der Waals surface area (Å²) >= 11 is 0. The van der Waals surface area contributed by atoms with Gasteiger partial charge in [-0.3, -0.25) is 4.79 Å². The molecule has 0 amide bonds. The van der Waals surface area contributed by atoms with E-state index in [4.69, 9.17) is 13.9 Å². The number of Topliss-reactive ketones (excluding diaryl/α,β-unsaturated/α-hetero) is 1. The van der Waals surface area contributed by atoms with Crippen LogP contribution in [0.2, 0.25) is 0 Å². The molecular weight excluding hydrogens is 528 g/mol. The average Bonchev–Trinajstić information content (AvgIpc) is 2.97. The van der Waals surface area contributed by atoms with Gasteiger partial charge in [0.2, 0.25) is 0 Å². The lowest BCUT2D eigenvalue weighted by Gasteiger charge is -2.30. The highest BCUT2D eigenvalue weighted by molar-refractivity contribution is 5.98. The number of piperidine rings is 2. The molecule has 0 atom stereocenters. The largest absolute Gasteiger partial charge is 0.490 e. The van der Waals surface area contributed by atoms with Gasteiger partial charge in [-0.1, -0.05) is 11.6 Å². The third-order valence-electron chi connectivity index (χ3n) is 8.56. The third-order valence-corrected chi connectivity index (χ3v) is 8.56. The van der Waals surface area contributed by atoms with Gasteiger partial charge in [0.15, 0.2) is 5.78 Å². The number of ketones is 1. The maximum absolute atomic E-state index is 13.4. The van der Waals surface area contributed by atoms with Crippen molar-refractivity contribution in [3.63, 3.8) is 0 Å². The third kappa shape index (κ3) is 7.31. The van der Waals surface area contributed by atoms with Crippen LogP contribution >= 0.6 is 0 Å². The van der Waals surface area contributed by atoms with Crippen molar-refractivity contribution in [1.29, 1.82) is 0 Å². The molecule has 2 aliphatic rings. The first-order chi connectivity index (χ1) is 20.2. The zero-order valence-electron chi connectivity index (χ0n) is 25.7. The van der Waals surface area contributed by atoms with E-state index in [1.54, 1.807) is 6.07 Å². The summed E-state index contributed by atoms with van der Waals surface area (Å²) in [5, 5.41) is 0.789. The lowest BCUT2D eigenvalue weighted by Crippen LogP contribution is -2.35. The Hall–Kier alpha value is -3.42. The molecule has 0 N–H and O–H groups in total. The van der Waals surface area contributed by atoms with E-state index in [2.05, 4.69) is 43.8 Å². The molecule has 0 spiro atoms. The molecule has 5 rings (SSSR count). The van der Waals surface area contributed by atoms with E-state index < -0.39 is 5.63 Å². The normalized spacial score (nSPS) is 17.4. The van der Waals surface area contributed by atoms with Gasteiger partial charge in [0.05, 0.1) is 0 Å². The second-order valence-corrected chi connectivity index (χ2v) is 12.3. The van der Waals surface area contributed by atoms with Crippen molar-refractivity contribution in [2.45, 2.75) is 71.5 Å². The fraction of sp³-hybridized carbons (Fsp3) is 0.486. The van der Waals surface area contributed by atoms with Crippen LogP contribution in [0.3, 0.4) is 0 Å². The first-order valence-corrected chi connectivity index (χ1v) is 15.2. The second kappa shape index (κ2) is 13.3. The molecule has 2 aromatic carbocycles. The minimum absolute atomic E-state index is 0.0254. The van der Waals surface area contributed by atoms with Crippen molar-refractivity contribution in [3.8, 4) is 11.5 Å². The lowest BCUT2D eigenvalue weighted by atomic mass is 9.98. The maximum atomic E-state index is 13.4. The van der Waals surface area contributed by atoms with Crippen LogP contribution in [0.15, 0.2) is 57.3 Å². The Morgan fingerprint density at radius 2 is 1.48 bits per heavy atom. The molecular formula is C35H44N2O5. The van der Waals surface area contributed by atoms with Crippen LogP contribution in [-0.4, -0.2) is 68.1 Å². The van der Waals surface area contributed by atoms with Gasteiger partial charge in [0.1, 0.15) is 29.3 Å². The summed E-state index contributed by atoms with van der Waals surface area (Å²) in [6.07, 6.45) is 7.06. The molecule has 0 unspecified atom stereocenters. The van der Waals surface area contributed by atoms with Gasteiger partial charge >= 0.3 is 5.63 Å². The highest BCUT2D eigenvalue weighted by Gasteiger charge is 2.22. The van der Waals surface area contributed by atoms with Gasteiger partial charge in [0, 0.05) is 54.7 Å². The molecule has 0 radical (unpaired) electrons. The number of benzene rings is 2. The zero-order valence-corrected chi connectivity index (χ0v) is 25.7. The van der Waals surface area contributed by atoms with Crippen LogP contribution in [0.1, 0.15) is 66.6 Å². The second-order valence-electron chi connectivity index (χ2n) is 12.3. The number of rotatable bonds is 9. The Labute approximate surface area is 249 Å². The highest BCUT2D eigenvalue weighted by Crippen LogP contribution is 2.30. The van der Waals surface area contributed by atoms with Crippen molar-refractivity contribution in [1.82, 2.24) is 9.80 Å². The Morgan fingerprint density at radius 1 is 0.881 bits per heavy atom. The molecule has 1 aromatic heterocycles. The van der Waals surface area contributed by atoms with Gasteiger partial charge in [-0.05, 0) is 109 Å². The molecule has 7 heteroatoms. The first kappa shape index (κ1) is 30.1. The molecule has 2 fully saturated rings. The van der Waals surface area contributed by atoms with E-state index in [1.165, 1.54) is 5.57 Å². The number of ether oxygens (including phenoxy) is 2. The van der Waals surface area contributed by atoms with Crippen molar-refractivity contribution >= 4 is 16.8 Å². The molecule has 2 saturated heterocycles. The van der Waals surface area contributed by atoms with Crippen LogP contribution < -0.4 is 15.1 Å². The van der Waals surface area contributed by atoms with Crippen molar-refractivity contribution in [2.75, 3.05) is 40.3 Å². The summed E-state index contributed by atoms with van der Waals surface area (Å²) in [6, 6.07) is 11.3. The predicted octanol–water partition coefficient (Wildman–Crippen LogP) is 5.98. The maximum Gasteiger partial charge on any atom is 0.339 e. The molecule has 7 nitrogen and oxygen atoms in total. The van der Waals surface area contributed by atoms with E-state index >= 15 is 0 Å². The fourth-order valence-electron chi connectivity index (χ4n) is 5.78. The molecule has 42 heavy (non-hydrogen) atoms. The van der Waals surface area contributed by atoms with E-state index in [0.29, 0.717) is 23.1 Å². The molecule has 3 aromatic rings. The summed E-state index contributed by atoms with van der Waals surface area (Å²) < 4.78 is 18.5. The van der Waals surface area contributed by atoms with E-state index in [-0.39, 0.29) is 24.4 Å². The van der Waals surface area contributed by atoms with Gasteiger partial charge in [-0.15, -0.1) is 0 Å². The Morgan fingerprint density at radius 3 is 2.10 bits per heavy atom. The number of fused-ring (bicyclic) bond motifs is 1. The standard InChI is InChI=1S/C35H44N2O5/c1-23(2)6-7-26-20-25(8-11-33(26)41-30-14-18-37(5)19-15-30)31(38)22-28-21-27-9-10-32(24(3)34(27)42-35(28)39)40-29-12-16-36(4)17-13-29/h6,8-11,20-21,29-30H,7,12-19,22H2,1-5H3. The van der Waals surface area contributed by atoms with Crippen molar-refractivity contribution in [3.05, 3.63) is 80.7 Å². The predicted molar refractivity (Wildman–Crippen MR) is 167 cm³/mol. The number of hydrogen-bond donors (Lipinski definition) is 0. The smallest absolute Gasteiger partial charge is 0.339 e. The quantitative estimate of drug-likeness (QED) is 0.177. The number of likely N-dealkylation sites (tertiary alicyclic amines) is 2. The van der Waals surface area contributed by atoms with Gasteiger partial charge < -0.3 is 23.7 Å². The van der Waals surface area contributed by atoms with Gasteiger partial charge in [0.25, 0.3) is 0 Å². The molecule has 3 heterocycles. The van der Waals surface area contributed by atoms with E-state index in [0.717, 1.165) is 79.9 Å². The number of allylic oxidation sites excluding steroid dienone is 2. The average molecular weight is 573 g/mol. The van der Waals surface area contributed by atoms with Crippen LogP contribution in [0.25, 0.3) is 11.0 Å². The fourth-order valence-corrected chi connectivity index (χ4v) is 5.78. The molecule has 0 aliphatic carbocycles. The monoisotopic (exact) mass is 572 g/mol. The minimum atomic E-state index is -0.484. The topological polar surface area (TPSA) is 72.2 Å². The summed E-state index contributed by atoms with van der Waals surface area (Å²) in [4.78, 5) is 31.1. The molecule has 0 saturated carbocycles. The number of carbonyl (C=O) groups is 1. The SMILES string of the molecule is CC(C)=CCc1cc(C(=O)Cc2cc3ccc(OC4CCN(C)CC4)c(C)c3oc2=O)ccc1OC1CCN(C)CC1. The van der Waals surface area contributed by atoms with Gasteiger partial charge in [-0.2, -0.15) is 0 Å². The highest BCUT2D eigenvalue weighted by atomic mass is 16.5. The van der Waals surface area contributed by atoms with Crippen LogP contribution in [0.5, 0.6) is 11.5 Å². The minimum Gasteiger partial charge on any atom is -0.490 e. The number of aryl methyl sites for hydroxylation is 1. The molecule has 0 bridgehead atoms. The Bertz CT molecular complexity index is 1500. The molecule has 224 valence electrons. The van der Waals surface area contributed by atoms with Crippen LogP contribution in [0, 0.1) is 6.92 Å². The Kier molecular flexibility index (Phi) is 9.49. The van der Waals surface area contributed by atoms with Crippen molar-refractivity contribution < 1.29 is 18.7 Å². The zero-order chi connectivity index (χ0) is 29.8. The summed E-state index contributed by atoms with van der Waals surface area (Å²) in [7, 11) is 4.26. The van der Waals surface area contributed by atoms with Crippen molar-refractivity contribution in [2.24, 2.45) is 0 Å². The number of hydrogen-bond acceptors (Lipinski definition) is 7. The summed E-state index contributed by atoms with van der Waals surface area (Å²) in [5.41, 5.74) is 3.96. The lowest BCUT2D eigenvalue weighted by molar-refractivity contribution is 0.0991. The van der Waals surface area contributed by atoms with Crippen LogP contribution in [-0.2, 0) is 12.8 Å². The van der Waals surface area contributed by atoms with E-state index in [1.807, 2.05) is 37.3 Å². The van der Waals surface area contributed by atoms with Gasteiger partial charge in [-0.25, -0.2) is 4.79 Å². The Balaban J connectivity index is 1.33. The molecule has 2 aliphatic heterocycles. The summed E-state index contributed by atoms with van der Waals surface area (Å²) in [6.45, 7) is 10.1. The van der Waals surface area contributed by atoms with Crippen LogP contribution in [0.4, 0.5) is 0 Å². The number of carbonyl (C=O) groups excluding carboxylic acids is 1. The first-order valence-electron chi connectivity index (χ1n) is 15.2. The van der Waals surface area contributed by atoms with E-state index in [9.17, 15) is 9.59 Å². The summed E-state index contributed by atoms with van der Waals surface area (Å²) in [5.74, 6) is 1.46. The number of nitrogens with zero attached hydrogens (tertiary/aromatic N) is 2.